The van der Waals surface area contributed by atoms with Crippen molar-refractivity contribution in [3.8, 4) is 0 Å². The van der Waals surface area contributed by atoms with Crippen molar-refractivity contribution in [3.05, 3.63) is 50.6 Å². The SMILES string of the molecule is CCN(Cc1cccs1)c1cc(Br)ccc1CNC. The lowest BCUT2D eigenvalue weighted by Gasteiger charge is -2.25. The summed E-state index contributed by atoms with van der Waals surface area (Å²) in [5.41, 5.74) is 2.64. The molecule has 0 spiro atoms. The fraction of sp³-hybridized carbons (Fsp3) is 0.333. The van der Waals surface area contributed by atoms with Crippen molar-refractivity contribution in [1.29, 1.82) is 0 Å². The van der Waals surface area contributed by atoms with Crippen molar-refractivity contribution in [2.24, 2.45) is 0 Å². The third kappa shape index (κ3) is 3.81. The summed E-state index contributed by atoms with van der Waals surface area (Å²) >= 11 is 5.39. The van der Waals surface area contributed by atoms with Crippen molar-refractivity contribution >= 4 is 33.0 Å². The van der Waals surface area contributed by atoms with E-state index >= 15 is 0 Å². The molecule has 1 aromatic carbocycles. The van der Waals surface area contributed by atoms with E-state index in [1.54, 1.807) is 0 Å². The van der Waals surface area contributed by atoms with Crippen LogP contribution in [0.4, 0.5) is 5.69 Å². The average molecular weight is 339 g/mol. The van der Waals surface area contributed by atoms with Crippen molar-refractivity contribution in [2.45, 2.75) is 20.0 Å². The fourth-order valence-corrected chi connectivity index (χ4v) is 3.20. The summed E-state index contributed by atoms with van der Waals surface area (Å²) in [5, 5.41) is 5.38. The van der Waals surface area contributed by atoms with Gasteiger partial charge in [0, 0.05) is 28.1 Å². The highest BCUT2D eigenvalue weighted by molar-refractivity contribution is 9.10. The van der Waals surface area contributed by atoms with Gasteiger partial charge in [-0.25, -0.2) is 0 Å². The van der Waals surface area contributed by atoms with Gasteiger partial charge in [0.05, 0.1) is 6.54 Å². The zero-order chi connectivity index (χ0) is 13.7. The van der Waals surface area contributed by atoms with Gasteiger partial charge in [-0.15, -0.1) is 11.3 Å². The molecule has 0 bridgehead atoms. The predicted octanol–water partition coefficient (Wildman–Crippen LogP) is 4.26. The minimum Gasteiger partial charge on any atom is -0.366 e. The summed E-state index contributed by atoms with van der Waals surface area (Å²) in [5.74, 6) is 0. The molecule has 4 heteroatoms. The molecular weight excluding hydrogens is 320 g/mol. The zero-order valence-electron chi connectivity index (χ0n) is 11.3. The first kappa shape index (κ1) is 14.6. The molecule has 2 nitrogen and oxygen atoms in total. The number of hydrogen-bond donors (Lipinski definition) is 1. The van der Waals surface area contributed by atoms with Gasteiger partial charge in [-0.2, -0.15) is 0 Å². The molecule has 0 fully saturated rings. The van der Waals surface area contributed by atoms with Gasteiger partial charge in [-0.05, 0) is 43.1 Å². The monoisotopic (exact) mass is 338 g/mol. The molecule has 0 saturated heterocycles. The highest BCUT2D eigenvalue weighted by Crippen LogP contribution is 2.27. The molecule has 0 saturated carbocycles. The molecule has 1 heterocycles. The predicted molar refractivity (Wildman–Crippen MR) is 87.9 cm³/mol. The van der Waals surface area contributed by atoms with Gasteiger partial charge in [0.2, 0.25) is 0 Å². The number of benzene rings is 1. The van der Waals surface area contributed by atoms with Crippen LogP contribution >= 0.6 is 27.3 Å². The first-order valence-electron chi connectivity index (χ1n) is 6.45. The maximum Gasteiger partial charge on any atom is 0.0522 e. The first-order chi connectivity index (χ1) is 9.24. The second-order valence-electron chi connectivity index (χ2n) is 4.40. The topological polar surface area (TPSA) is 15.3 Å². The Morgan fingerprint density at radius 2 is 2.16 bits per heavy atom. The molecule has 1 N–H and O–H groups in total. The van der Waals surface area contributed by atoms with E-state index in [0.29, 0.717) is 0 Å². The summed E-state index contributed by atoms with van der Waals surface area (Å²) in [6.45, 7) is 5.08. The molecule has 0 aliphatic heterocycles. The number of nitrogens with one attached hydrogen (secondary N) is 1. The number of hydrogen-bond acceptors (Lipinski definition) is 3. The van der Waals surface area contributed by atoms with Crippen LogP contribution in [0.15, 0.2) is 40.2 Å². The van der Waals surface area contributed by atoms with E-state index < -0.39 is 0 Å². The van der Waals surface area contributed by atoms with E-state index in [4.69, 9.17) is 0 Å². The summed E-state index contributed by atoms with van der Waals surface area (Å²) < 4.78 is 1.13. The van der Waals surface area contributed by atoms with E-state index in [0.717, 1.165) is 24.1 Å². The Balaban J connectivity index is 2.28. The molecule has 0 aliphatic carbocycles. The van der Waals surface area contributed by atoms with Crippen LogP contribution in [-0.2, 0) is 13.1 Å². The van der Waals surface area contributed by atoms with E-state index in [1.807, 2.05) is 18.4 Å². The molecule has 19 heavy (non-hydrogen) atoms. The number of rotatable bonds is 6. The van der Waals surface area contributed by atoms with Crippen LogP contribution in [-0.4, -0.2) is 13.6 Å². The molecule has 0 unspecified atom stereocenters. The van der Waals surface area contributed by atoms with Gasteiger partial charge in [0.25, 0.3) is 0 Å². The van der Waals surface area contributed by atoms with Crippen molar-refractivity contribution < 1.29 is 0 Å². The minimum absolute atomic E-state index is 0.892. The third-order valence-electron chi connectivity index (χ3n) is 3.06. The molecule has 0 atom stereocenters. The zero-order valence-corrected chi connectivity index (χ0v) is 13.7. The van der Waals surface area contributed by atoms with Crippen LogP contribution in [0.5, 0.6) is 0 Å². The van der Waals surface area contributed by atoms with Crippen LogP contribution in [0.1, 0.15) is 17.4 Å². The lowest BCUT2D eigenvalue weighted by molar-refractivity contribution is 0.788. The Kier molecular flexibility index (Phi) is 5.43. The summed E-state index contributed by atoms with van der Waals surface area (Å²) in [6.07, 6.45) is 0. The van der Waals surface area contributed by atoms with Gasteiger partial charge in [0.1, 0.15) is 0 Å². The Morgan fingerprint density at radius 3 is 2.79 bits per heavy atom. The molecular formula is C15H19BrN2S. The maximum atomic E-state index is 3.58. The molecule has 0 aliphatic rings. The van der Waals surface area contributed by atoms with Gasteiger partial charge < -0.3 is 10.2 Å². The van der Waals surface area contributed by atoms with E-state index in [9.17, 15) is 0 Å². The second kappa shape index (κ2) is 7.08. The minimum atomic E-state index is 0.892. The van der Waals surface area contributed by atoms with Gasteiger partial charge in [-0.3, -0.25) is 0 Å². The highest BCUT2D eigenvalue weighted by atomic mass is 79.9. The lowest BCUT2D eigenvalue weighted by Crippen LogP contribution is -2.23. The average Bonchev–Trinajstić information content (AvgIpc) is 2.91. The van der Waals surface area contributed by atoms with Crippen LogP contribution in [0, 0.1) is 0 Å². The number of halogens is 1. The van der Waals surface area contributed by atoms with Crippen LogP contribution in [0.2, 0.25) is 0 Å². The standard InChI is InChI=1S/C15H19BrN2S/c1-3-18(11-14-5-4-8-19-14)15-9-13(16)7-6-12(15)10-17-2/h4-9,17H,3,10-11H2,1-2H3. The highest BCUT2D eigenvalue weighted by Gasteiger charge is 2.11. The van der Waals surface area contributed by atoms with Crippen LogP contribution < -0.4 is 10.2 Å². The van der Waals surface area contributed by atoms with Crippen molar-refractivity contribution in [1.82, 2.24) is 5.32 Å². The Morgan fingerprint density at radius 1 is 1.32 bits per heavy atom. The molecule has 0 amide bonds. The third-order valence-corrected chi connectivity index (χ3v) is 4.42. The normalized spacial score (nSPS) is 10.7. The van der Waals surface area contributed by atoms with Crippen LogP contribution in [0.25, 0.3) is 0 Å². The summed E-state index contributed by atoms with van der Waals surface area (Å²) in [6, 6.07) is 10.8. The maximum absolute atomic E-state index is 3.58. The van der Waals surface area contributed by atoms with E-state index in [2.05, 4.69) is 68.8 Å². The van der Waals surface area contributed by atoms with E-state index in [-0.39, 0.29) is 0 Å². The summed E-state index contributed by atoms with van der Waals surface area (Å²) in [7, 11) is 1.99. The molecule has 2 rings (SSSR count). The van der Waals surface area contributed by atoms with Crippen LogP contribution in [0.3, 0.4) is 0 Å². The molecule has 2 aromatic rings. The Hall–Kier alpha value is -0.840. The Bertz CT molecular complexity index is 511. The quantitative estimate of drug-likeness (QED) is 0.846. The van der Waals surface area contributed by atoms with Crippen molar-refractivity contribution in [3.63, 3.8) is 0 Å². The van der Waals surface area contributed by atoms with Gasteiger partial charge >= 0.3 is 0 Å². The molecule has 102 valence electrons. The molecule has 0 radical (unpaired) electrons. The first-order valence-corrected chi connectivity index (χ1v) is 8.12. The number of thiophene rings is 1. The van der Waals surface area contributed by atoms with Gasteiger partial charge in [0.15, 0.2) is 0 Å². The van der Waals surface area contributed by atoms with Gasteiger partial charge in [-0.1, -0.05) is 28.1 Å². The molecule has 1 aromatic heterocycles. The fourth-order valence-electron chi connectivity index (χ4n) is 2.13. The largest absolute Gasteiger partial charge is 0.366 e. The lowest BCUT2D eigenvalue weighted by atomic mass is 10.1. The smallest absolute Gasteiger partial charge is 0.0522 e. The summed E-state index contributed by atoms with van der Waals surface area (Å²) in [4.78, 5) is 3.82. The number of nitrogens with zero attached hydrogens (tertiary/aromatic N) is 1. The second-order valence-corrected chi connectivity index (χ2v) is 6.34. The number of anilines is 1. The Labute approximate surface area is 127 Å². The van der Waals surface area contributed by atoms with Crippen molar-refractivity contribution in [2.75, 3.05) is 18.5 Å². The van der Waals surface area contributed by atoms with E-state index in [1.165, 1.54) is 16.1 Å².